The number of carbonyl (C=O) groups excluding carboxylic acids is 1. The SMILES string of the molecule is CCSC(CC=CC=O)c1ccccc1. The van der Waals surface area contributed by atoms with E-state index in [1.165, 1.54) is 5.56 Å². The topological polar surface area (TPSA) is 17.1 Å². The highest BCUT2D eigenvalue weighted by molar-refractivity contribution is 7.99. The first kappa shape index (κ1) is 12.1. The smallest absolute Gasteiger partial charge is 0.142 e. The summed E-state index contributed by atoms with van der Waals surface area (Å²) < 4.78 is 0. The molecule has 1 aromatic carbocycles. The third kappa shape index (κ3) is 4.34. The molecule has 1 rings (SSSR count). The molecular weight excluding hydrogens is 204 g/mol. The lowest BCUT2D eigenvalue weighted by Crippen LogP contribution is -1.92. The van der Waals surface area contributed by atoms with Crippen molar-refractivity contribution in [2.24, 2.45) is 0 Å². The van der Waals surface area contributed by atoms with Crippen LogP contribution in [0.1, 0.15) is 24.2 Å². The zero-order chi connectivity index (χ0) is 10.9. The highest BCUT2D eigenvalue weighted by Crippen LogP contribution is 2.31. The van der Waals surface area contributed by atoms with E-state index in [1.807, 2.05) is 23.9 Å². The van der Waals surface area contributed by atoms with Gasteiger partial charge in [0, 0.05) is 5.25 Å². The highest BCUT2D eigenvalue weighted by Gasteiger charge is 2.08. The van der Waals surface area contributed by atoms with Gasteiger partial charge in [0.05, 0.1) is 0 Å². The second-order valence-electron chi connectivity index (χ2n) is 3.15. The average Bonchev–Trinajstić information content (AvgIpc) is 2.29. The zero-order valence-electron chi connectivity index (χ0n) is 8.93. The summed E-state index contributed by atoms with van der Waals surface area (Å²) in [7, 11) is 0. The molecule has 1 nitrogen and oxygen atoms in total. The van der Waals surface area contributed by atoms with Crippen molar-refractivity contribution in [2.45, 2.75) is 18.6 Å². The zero-order valence-corrected chi connectivity index (χ0v) is 9.74. The van der Waals surface area contributed by atoms with Crippen LogP contribution in [0.4, 0.5) is 0 Å². The molecule has 0 saturated heterocycles. The van der Waals surface area contributed by atoms with E-state index in [2.05, 4.69) is 31.2 Å². The summed E-state index contributed by atoms with van der Waals surface area (Å²) in [6, 6.07) is 10.4. The van der Waals surface area contributed by atoms with Gasteiger partial charge in [-0.2, -0.15) is 11.8 Å². The minimum Gasteiger partial charge on any atom is -0.299 e. The van der Waals surface area contributed by atoms with Crippen molar-refractivity contribution >= 4 is 18.0 Å². The molecule has 0 N–H and O–H groups in total. The van der Waals surface area contributed by atoms with Gasteiger partial charge in [0.25, 0.3) is 0 Å². The molecule has 0 bridgehead atoms. The molecule has 0 amide bonds. The first-order valence-corrected chi connectivity index (χ1v) is 6.20. The largest absolute Gasteiger partial charge is 0.299 e. The van der Waals surface area contributed by atoms with Crippen LogP contribution >= 0.6 is 11.8 Å². The van der Waals surface area contributed by atoms with Crippen molar-refractivity contribution in [3.8, 4) is 0 Å². The van der Waals surface area contributed by atoms with E-state index >= 15 is 0 Å². The van der Waals surface area contributed by atoms with E-state index in [0.717, 1.165) is 18.5 Å². The molecule has 1 aromatic rings. The Hall–Kier alpha value is -1.02. The summed E-state index contributed by atoms with van der Waals surface area (Å²) in [5.41, 5.74) is 1.33. The van der Waals surface area contributed by atoms with Crippen LogP contribution in [0.15, 0.2) is 42.5 Å². The van der Waals surface area contributed by atoms with E-state index in [1.54, 1.807) is 6.08 Å². The van der Waals surface area contributed by atoms with E-state index in [4.69, 9.17) is 0 Å². The Morgan fingerprint density at radius 1 is 1.33 bits per heavy atom. The van der Waals surface area contributed by atoms with Crippen LogP contribution in [-0.2, 0) is 4.79 Å². The standard InChI is InChI=1S/C13H16OS/c1-2-15-13(10-6-7-11-14)12-8-4-3-5-9-12/h3-9,11,13H,2,10H2,1H3. The average molecular weight is 220 g/mol. The second-order valence-corrected chi connectivity index (χ2v) is 4.63. The van der Waals surface area contributed by atoms with E-state index in [-0.39, 0.29) is 0 Å². The number of hydrogen-bond donors (Lipinski definition) is 0. The Labute approximate surface area is 95.6 Å². The molecule has 0 saturated carbocycles. The highest BCUT2D eigenvalue weighted by atomic mass is 32.2. The molecule has 15 heavy (non-hydrogen) atoms. The lowest BCUT2D eigenvalue weighted by molar-refractivity contribution is -0.104. The fraction of sp³-hybridized carbons (Fsp3) is 0.308. The van der Waals surface area contributed by atoms with Gasteiger partial charge in [-0.15, -0.1) is 0 Å². The van der Waals surface area contributed by atoms with Crippen LogP contribution in [0.25, 0.3) is 0 Å². The Morgan fingerprint density at radius 3 is 2.67 bits per heavy atom. The fourth-order valence-electron chi connectivity index (χ4n) is 1.43. The van der Waals surface area contributed by atoms with Gasteiger partial charge in [-0.3, -0.25) is 4.79 Å². The summed E-state index contributed by atoms with van der Waals surface area (Å²) in [5, 5.41) is 0.465. The van der Waals surface area contributed by atoms with Gasteiger partial charge in [-0.1, -0.05) is 43.3 Å². The second kappa shape index (κ2) is 7.30. The molecular formula is C13H16OS. The summed E-state index contributed by atoms with van der Waals surface area (Å²) in [6.07, 6.45) is 5.26. The van der Waals surface area contributed by atoms with Crippen LogP contribution in [0.3, 0.4) is 0 Å². The van der Waals surface area contributed by atoms with Crippen molar-refractivity contribution in [1.82, 2.24) is 0 Å². The maximum absolute atomic E-state index is 10.2. The molecule has 1 unspecified atom stereocenters. The molecule has 80 valence electrons. The number of rotatable bonds is 6. The molecule has 1 atom stereocenters. The monoisotopic (exact) mass is 220 g/mol. The van der Waals surface area contributed by atoms with Crippen LogP contribution < -0.4 is 0 Å². The van der Waals surface area contributed by atoms with Gasteiger partial charge in [-0.25, -0.2) is 0 Å². The molecule has 0 aliphatic rings. The lowest BCUT2D eigenvalue weighted by Gasteiger charge is -2.13. The molecule has 2 heteroatoms. The van der Waals surface area contributed by atoms with Crippen molar-refractivity contribution in [2.75, 3.05) is 5.75 Å². The van der Waals surface area contributed by atoms with E-state index in [0.29, 0.717) is 5.25 Å². The first-order chi connectivity index (χ1) is 7.38. The van der Waals surface area contributed by atoms with Gasteiger partial charge < -0.3 is 0 Å². The van der Waals surface area contributed by atoms with Crippen LogP contribution in [0.5, 0.6) is 0 Å². The lowest BCUT2D eigenvalue weighted by atomic mass is 10.1. The fourth-order valence-corrected chi connectivity index (χ4v) is 2.43. The molecule has 0 aromatic heterocycles. The number of aldehydes is 1. The minimum absolute atomic E-state index is 0.465. The molecule has 0 spiro atoms. The maximum Gasteiger partial charge on any atom is 0.142 e. The number of carbonyl (C=O) groups is 1. The number of allylic oxidation sites excluding steroid dienone is 2. The summed E-state index contributed by atoms with van der Waals surface area (Å²) in [5.74, 6) is 1.09. The van der Waals surface area contributed by atoms with Crippen LogP contribution in [-0.4, -0.2) is 12.0 Å². The summed E-state index contributed by atoms with van der Waals surface area (Å²) in [6.45, 7) is 2.16. The minimum atomic E-state index is 0.465. The third-order valence-electron chi connectivity index (χ3n) is 2.10. The van der Waals surface area contributed by atoms with E-state index < -0.39 is 0 Å². The summed E-state index contributed by atoms with van der Waals surface area (Å²) >= 11 is 1.91. The van der Waals surface area contributed by atoms with Crippen LogP contribution in [0, 0.1) is 0 Å². The Balaban J connectivity index is 2.65. The molecule has 0 aliphatic carbocycles. The molecule has 0 heterocycles. The van der Waals surface area contributed by atoms with Gasteiger partial charge in [-0.05, 0) is 23.8 Å². The number of hydrogen-bond acceptors (Lipinski definition) is 2. The van der Waals surface area contributed by atoms with Crippen molar-refractivity contribution in [3.05, 3.63) is 48.0 Å². The van der Waals surface area contributed by atoms with Crippen LogP contribution in [0.2, 0.25) is 0 Å². The third-order valence-corrected chi connectivity index (χ3v) is 3.30. The predicted octanol–water partition coefficient (Wildman–Crippen LogP) is 3.63. The molecule has 0 fully saturated rings. The quantitative estimate of drug-likeness (QED) is 0.538. The predicted molar refractivity (Wildman–Crippen MR) is 67.1 cm³/mol. The van der Waals surface area contributed by atoms with Crippen molar-refractivity contribution in [1.29, 1.82) is 0 Å². The number of thioether (sulfide) groups is 1. The first-order valence-electron chi connectivity index (χ1n) is 5.15. The van der Waals surface area contributed by atoms with Gasteiger partial charge in [0.2, 0.25) is 0 Å². The molecule has 0 radical (unpaired) electrons. The Bertz CT molecular complexity index is 306. The van der Waals surface area contributed by atoms with E-state index in [9.17, 15) is 4.79 Å². The van der Waals surface area contributed by atoms with Gasteiger partial charge in [0.1, 0.15) is 6.29 Å². The number of benzene rings is 1. The Kier molecular flexibility index (Phi) is 5.86. The van der Waals surface area contributed by atoms with Crippen molar-refractivity contribution < 1.29 is 4.79 Å². The van der Waals surface area contributed by atoms with Crippen molar-refractivity contribution in [3.63, 3.8) is 0 Å². The maximum atomic E-state index is 10.2. The molecule has 0 aliphatic heterocycles. The normalized spacial score (nSPS) is 12.9. The Morgan fingerprint density at radius 2 is 2.07 bits per heavy atom. The van der Waals surface area contributed by atoms with Gasteiger partial charge >= 0.3 is 0 Å². The summed E-state index contributed by atoms with van der Waals surface area (Å²) in [4.78, 5) is 10.2. The van der Waals surface area contributed by atoms with Gasteiger partial charge in [0.15, 0.2) is 0 Å².